The van der Waals surface area contributed by atoms with Crippen LogP contribution in [0.1, 0.15) is 44.4 Å². The fraction of sp³-hybridized carbons (Fsp3) is 0.600. The number of hydrogen-bond donors (Lipinski definition) is 2. The molecule has 0 fully saturated rings. The van der Waals surface area contributed by atoms with Gasteiger partial charge in [0.1, 0.15) is 6.04 Å². The summed E-state index contributed by atoms with van der Waals surface area (Å²) in [4.78, 5) is 27.3. The third-order valence-electron chi connectivity index (χ3n) is 4.79. The van der Waals surface area contributed by atoms with Crippen LogP contribution in [0.2, 0.25) is 0 Å². The van der Waals surface area contributed by atoms with E-state index in [2.05, 4.69) is 42.7 Å². The first-order valence-corrected chi connectivity index (χ1v) is 8.96. The minimum Gasteiger partial charge on any atom is -0.343 e. The molecule has 0 saturated heterocycles. The third-order valence-corrected chi connectivity index (χ3v) is 4.79. The van der Waals surface area contributed by atoms with E-state index in [1.807, 2.05) is 25.7 Å². The van der Waals surface area contributed by atoms with E-state index < -0.39 is 6.04 Å². The molecule has 0 spiro atoms. The summed E-state index contributed by atoms with van der Waals surface area (Å²) < 4.78 is 0. The highest BCUT2D eigenvalue weighted by Crippen LogP contribution is 2.28. The van der Waals surface area contributed by atoms with Gasteiger partial charge in [0.15, 0.2) is 0 Å². The predicted molar refractivity (Wildman–Crippen MR) is 100 cm³/mol. The van der Waals surface area contributed by atoms with Gasteiger partial charge in [-0.2, -0.15) is 0 Å². The lowest BCUT2D eigenvalue weighted by Gasteiger charge is -2.40. The molecule has 2 unspecified atom stereocenters. The molecule has 1 aromatic carbocycles. The number of hydrogen-bond acceptors (Lipinski definition) is 3. The van der Waals surface area contributed by atoms with Crippen LogP contribution in [-0.4, -0.2) is 42.4 Å². The molecule has 0 aliphatic carbocycles. The maximum absolute atomic E-state index is 13.3. The number of carbonyl (C=O) groups is 2. The van der Waals surface area contributed by atoms with Crippen molar-refractivity contribution in [2.24, 2.45) is 5.41 Å². The van der Waals surface area contributed by atoms with Crippen molar-refractivity contribution in [2.75, 3.05) is 13.6 Å². The Hall–Kier alpha value is -1.88. The number of nitrogens with one attached hydrogen (secondary N) is 2. The molecule has 2 atom stereocenters. The fourth-order valence-corrected chi connectivity index (χ4v) is 3.35. The Kier molecular flexibility index (Phi) is 5.88. The Balaban J connectivity index is 2.24. The van der Waals surface area contributed by atoms with Crippen molar-refractivity contribution in [2.45, 2.75) is 59.7 Å². The van der Waals surface area contributed by atoms with E-state index >= 15 is 0 Å². The monoisotopic (exact) mass is 345 g/mol. The van der Waals surface area contributed by atoms with Crippen LogP contribution in [-0.2, 0) is 22.6 Å². The lowest BCUT2D eigenvalue weighted by Crippen LogP contribution is -2.58. The van der Waals surface area contributed by atoms with E-state index in [1.165, 1.54) is 16.7 Å². The smallest absolute Gasteiger partial charge is 0.246 e. The van der Waals surface area contributed by atoms with Crippen LogP contribution in [0.3, 0.4) is 0 Å². The third kappa shape index (κ3) is 4.60. The summed E-state index contributed by atoms with van der Waals surface area (Å²) in [7, 11) is 1.72. The van der Waals surface area contributed by atoms with Crippen molar-refractivity contribution in [1.29, 1.82) is 0 Å². The first kappa shape index (κ1) is 19.4. The molecule has 0 bridgehead atoms. The van der Waals surface area contributed by atoms with E-state index in [0.29, 0.717) is 6.54 Å². The van der Waals surface area contributed by atoms with E-state index in [9.17, 15) is 9.59 Å². The summed E-state index contributed by atoms with van der Waals surface area (Å²) in [5.74, 6) is -0.159. The zero-order chi connectivity index (χ0) is 18.8. The molecule has 1 aliphatic rings. The molecular formula is C20H31N3O2. The van der Waals surface area contributed by atoms with Gasteiger partial charge in [-0.3, -0.25) is 9.59 Å². The second-order valence-corrected chi connectivity index (χ2v) is 8.19. The summed E-state index contributed by atoms with van der Waals surface area (Å²) in [6.07, 6.45) is 0.850. The molecule has 0 radical (unpaired) electrons. The quantitative estimate of drug-likeness (QED) is 0.878. The summed E-state index contributed by atoms with van der Waals surface area (Å²) in [6, 6.07) is 6.03. The van der Waals surface area contributed by atoms with Gasteiger partial charge in [0.2, 0.25) is 11.8 Å². The maximum Gasteiger partial charge on any atom is 0.246 e. The number of rotatable bonds is 4. The Morgan fingerprint density at radius 1 is 1.28 bits per heavy atom. The Morgan fingerprint density at radius 3 is 2.56 bits per heavy atom. The standard InChI is InChI=1S/C20H31N3O2/c1-13-7-8-15-10-14(2)23(12-16(15)9-13)19(25)18(20(3,4)5)22-17(24)11-21-6/h7-9,14,18,21H,10-12H2,1-6H3,(H,22,24). The van der Waals surface area contributed by atoms with Crippen LogP contribution in [0.25, 0.3) is 0 Å². The van der Waals surface area contributed by atoms with Crippen molar-refractivity contribution in [1.82, 2.24) is 15.5 Å². The van der Waals surface area contributed by atoms with Gasteiger partial charge in [-0.25, -0.2) is 0 Å². The highest BCUT2D eigenvalue weighted by atomic mass is 16.2. The second kappa shape index (κ2) is 7.56. The molecular weight excluding hydrogens is 314 g/mol. The molecule has 1 aliphatic heterocycles. The topological polar surface area (TPSA) is 61.4 Å². The molecule has 1 aromatic rings. The van der Waals surface area contributed by atoms with E-state index in [-0.39, 0.29) is 29.8 Å². The summed E-state index contributed by atoms with van der Waals surface area (Å²) in [5.41, 5.74) is 3.37. The SMILES string of the molecule is CNCC(=O)NC(C(=O)N1Cc2cc(C)ccc2CC1C)C(C)(C)C. The van der Waals surface area contributed by atoms with Crippen LogP contribution in [0.5, 0.6) is 0 Å². The number of fused-ring (bicyclic) bond motifs is 1. The molecule has 2 rings (SSSR count). The lowest BCUT2D eigenvalue weighted by atomic mass is 9.84. The zero-order valence-electron chi connectivity index (χ0n) is 16.3. The fourth-order valence-electron chi connectivity index (χ4n) is 3.35. The maximum atomic E-state index is 13.3. The van der Waals surface area contributed by atoms with Crippen LogP contribution in [0.4, 0.5) is 0 Å². The molecule has 25 heavy (non-hydrogen) atoms. The molecule has 5 nitrogen and oxygen atoms in total. The number of benzene rings is 1. The molecule has 1 heterocycles. The molecule has 5 heteroatoms. The van der Waals surface area contributed by atoms with Gasteiger partial charge in [0.05, 0.1) is 6.54 Å². The Bertz CT molecular complexity index is 649. The van der Waals surface area contributed by atoms with Gasteiger partial charge >= 0.3 is 0 Å². The average Bonchev–Trinajstić information content (AvgIpc) is 2.51. The molecule has 0 aromatic heterocycles. The number of carbonyl (C=O) groups excluding carboxylic acids is 2. The minimum atomic E-state index is -0.540. The Morgan fingerprint density at radius 2 is 1.96 bits per heavy atom. The van der Waals surface area contributed by atoms with Gasteiger partial charge in [0.25, 0.3) is 0 Å². The van der Waals surface area contributed by atoms with E-state index in [0.717, 1.165) is 6.42 Å². The molecule has 2 amide bonds. The molecule has 2 N–H and O–H groups in total. The van der Waals surface area contributed by atoms with Gasteiger partial charge in [-0.05, 0) is 43.9 Å². The predicted octanol–water partition coefficient (Wildman–Crippen LogP) is 2.02. The van der Waals surface area contributed by atoms with Gasteiger partial charge in [0, 0.05) is 12.6 Å². The van der Waals surface area contributed by atoms with Gasteiger partial charge in [-0.1, -0.05) is 44.5 Å². The molecule has 0 saturated carbocycles. The summed E-state index contributed by atoms with van der Waals surface area (Å²) in [5, 5.41) is 5.75. The van der Waals surface area contributed by atoms with Gasteiger partial charge in [-0.15, -0.1) is 0 Å². The summed E-state index contributed by atoms with van der Waals surface area (Å²) >= 11 is 0. The Labute approximate surface area is 151 Å². The van der Waals surface area contributed by atoms with E-state index in [1.54, 1.807) is 7.05 Å². The van der Waals surface area contributed by atoms with E-state index in [4.69, 9.17) is 0 Å². The van der Waals surface area contributed by atoms with Crippen molar-refractivity contribution in [3.63, 3.8) is 0 Å². The van der Waals surface area contributed by atoms with Crippen LogP contribution < -0.4 is 10.6 Å². The second-order valence-electron chi connectivity index (χ2n) is 8.19. The average molecular weight is 345 g/mol. The zero-order valence-corrected chi connectivity index (χ0v) is 16.3. The van der Waals surface area contributed by atoms with Crippen molar-refractivity contribution in [3.05, 3.63) is 34.9 Å². The normalized spacial score (nSPS) is 18.5. The van der Waals surface area contributed by atoms with Crippen LogP contribution >= 0.6 is 0 Å². The first-order valence-electron chi connectivity index (χ1n) is 8.96. The van der Waals surface area contributed by atoms with Crippen molar-refractivity contribution < 1.29 is 9.59 Å². The number of nitrogens with zero attached hydrogens (tertiary/aromatic N) is 1. The first-order chi connectivity index (χ1) is 11.6. The largest absolute Gasteiger partial charge is 0.343 e. The van der Waals surface area contributed by atoms with Crippen molar-refractivity contribution >= 4 is 11.8 Å². The van der Waals surface area contributed by atoms with Gasteiger partial charge < -0.3 is 15.5 Å². The highest BCUT2D eigenvalue weighted by molar-refractivity contribution is 5.89. The minimum absolute atomic E-state index is 0.00314. The van der Waals surface area contributed by atoms with Crippen molar-refractivity contribution in [3.8, 4) is 0 Å². The van der Waals surface area contributed by atoms with Crippen LogP contribution in [0, 0.1) is 12.3 Å². The van der Waals surface area contributed by atoms with Crippen LogP contribution in [0.15, 0.2) is 18.2 Å². The number of amides is 2. The molecule has 138 valence electrons. The number of aryl methyl sites for hydroxylation is 1. The lowest BCUT2D eigenvalue weighted by molar-refractivity contribution is -0.142. The number of likely N-dealkylation sites (N-methyl/N-ethyl adjacent to an activating group) is 1. The highest BCUT2D eigenvalue weighted by Gasteiger charge is 2.38. The summed E-state index contributed by atoms with van der Waals surface area (Å²) in [6.45, 7) is 10.9.